The molecule has 26 heavy (non-hydrogen) atoms. The molecule has 0 saturated carbocycles. The van der Waals surface area contributed by atoms with Gasteiger partial charge >= 0.3 is 5.97 Å². The van der Waals surface area contributed by atoms with Gasteiger partial charge in [-0.15, -0.1) is 11.3 Å². The molecular weight excluding hydrogens is 410 g/mol. The third-order valence-corrected chi connectivity index (χ3v) is 7.57. The highest BCUT2D eigenvalue weighted by atomic mass is 35.5. The largest absolute Gasteiger partial charge is 0.477 e. The van der Waals surface area contributed by atoms with Gasteiger partial charge in [0.25, 0.3) is 0 Å². The normalized spacial score (nSPS) is 13.6. The Bertz CT molecular complexity index is 961. The van der Waals surface area contributed by atoms with Crippen LogP contribution in [0.2, 0.25) is 10.0 Å². The fourth-order valence-electron chi connectivity index (χ4n) is 2.31. The van der Waals surface area contributed by atoms with E-state index in [0.29, 0.717) is 25.8 Å². The number of aromatic carboxylic acids is 1. The van der Waals surface area contributed by atoms with Crippen molar-refractivity contribution in [2.24, 2.45) is 5.41 Å². The monoisotopic (exact) mass is 428 g/mol. The van der Waals surface area contributed by atoms with Gasteiger partial charge in [0.1, 0.15) is 12.0 Å². The summed E-state index contributed by atoms with van der Waals surface area (Å²) in [5.74, 6) is 5.06. The topological polar surface area (TPSA) is 54.4 Å². The summed E-state index contributed by atoms with van der Waals surface area (Å²) in [6.45, 7) is 7.55. The van der Waals surface area contributed by atoms with Crippen molar-refractivity contribution in [2.45, 2.75) is 26.9 Å². The van der Waals surface area contributed by atoms with Crippen LogP contribution in [0.25, 0.3) is 0 Å². The molecule has 0 aliphatic carbocycles. The van der Waals surface area contributed by atoms with Crippen molar-refractivity contribution in [2.75, 3.05) is 6.66 Å². The number of hydrogen-bond acceptors (Lipinski definition) is 3. The van der Waals surface area contributed by atoms with E-state index in [9.17, 15) is 14.5 Å². The molecule has 2 rings (SSSR count). The number of hydrogen-bond donors (Lipinski definition) is 1. The Morgan fingerprint density at radius 2 is 1.92 bits per heavy atom. The summed E-state index contributed by atoms with van der Waals surface area (Å²) in [7, 11) is -2.92. The molecule has 0 bridgehead atoms. The van der Waals surface area contributed by atoms with Gasteiger partial charge in [-0.3, -0.25) is 0 Å². The van der Waals surface area contributed by atoms with E-state index >= 15 is 0 Å². The maximum Gasteiger partial charge on any atom is 0.346 e. The minimum absolute atomic E-state index is 0.101. The van der Waals surface area contributed by atoms with Gasteiger partial charge < -0.3 is 9.67 Å². The number of halogens is 2. The van der Waals surface area contributed by atoms with Gasteiger partial charge in [0, 0.05) is 21.9 Å². The molecule has 0 fully saturated rings. The van der Waals surface area contributed by atoms with Crippen LogP contribution < -0.4 is 5.30 Å². The second-order valence-electron chi connectivity index (χ2n) is 7.12. The average molecular weight is 429 g/mol. The summed E-state index contributed by atoms with van der Waals surface area (Å²) >= 11 is 13.2. The summed E-state index contributed by atoms with van der Waals surface area (Å²) < 4.78 is 13.3. The summed E-state index contributed by atoms with van der Waals surface area (Å²) in [5, 5.41) is 10.8. The fraction of sp³-hybridized carbons (Fsp3) is 0.316. The Labute approximate surface area is 167 Å². The van der Waals surface area contributed by atoms with Crippen LogP contribution in [-0.4, -0.2) is 17.7 Å². The van der Waals surface area contributed by atoms with E-state index in [2.05, 4.69) is 11.8 Å². The van der Waals surface area contributed by atoms with Crippen molar-refractivity contribution in [1.29, 1.82) is 0 Å². The lowest BCUT2D eigenvalue weighted by atomic mass is 9.98. The van der Waals surface area contributed by atoms with Crippen LogP contribution in [0.4, 0.5) is 0 Å². The molecule has 0 spiro atoms. The highest BCUT2D eigenvalue weighted by Crippen LogP contribution is 2.47. The molecule has 0 saturated heterocycles. The van der Waals surface area contributed by atoms with Crippen LogP contribution in [0.15, 0.2) is 24.3 Å². The molecule has 1 N–H and O–H groups in total. The van der Waals surface area contributed by atoms with E-state index in [4.69, 9.17) is 23.2 Å². The zero-order valence-electron chi connectivity index (χ0n) is 14.9. The molecule has 2 aromatic rings. The van der Waals surface area contributed by atoms with E-state index in [-0.39, 0.29) is 16.5 Å². The van der Waals surface area contributed by atoms with Gasteiger partial charge in [-0.25, -0.2) is 4.79 Å². The summed E-state index contributed by atoms with van der Waals surface area (Å²) in [4.78, 5) is 12.4. The van der Waals surface area contributed by atoms with Gasteiger partial charge in [0.15, 0.2) is 0 Å². The third-order valence-electron chi connectivity index (χ3n) is 3.46. The minimum Gasteiger partial charge on any atom is -0.477 e. The van der Waals surface area contributed by atoms with E-state index in [1.54, 1.807) is 30.9 Å². The lowest BCUT2D eigenvalue weighted by Gasteiger charge is -2.15. The Morgan fingerprint density at radius 3 is 2.46 bits per heavy atom. The quantitative estimate of drug-likeness (QED) is 0.481. The lowest BCUT2D eigenvalue weighted by Crippen LogP contribution is -2.08. The summed E-state index contributed by atoms with van der Waals surface area (Å²) in [6.07, 6.45) is 0.101. The molecule has 0 aliphatic heterocycles. The Hall–Kier alpha value is -1.24. The Balaban J connectivity index is 2.44. The SMILES string of the molecule is CC(C)(C)C#Cc1cc(CP(C)(=O)c2ccc(Cl)cc2Cl)c(C(=O)O)s1. The molecule has 1 atom stereocenters. The first-order chi connectivity index (χ1) is 11.9. The number of carbonyl (C=O) groups is 1. The summed E-state index contributed by atoms with van der Waals surface area (Å²) in [5.41, 5.74) is 0.322. The molecule has 138 valence electrons. The van der Waals surface area contributed by atoms with Crippen molar-refractivity contribution in [1.82, 2.24) is 0 Å². The van der Waals surface area contributed by atoms with Crippen LogP contribution in [0.3, 0.4) is 0 Å². The molecule has 3 nitrogen and oxygen atoms in total. The minimum atomic E-state index is -2.92. The predicted molar refractivity (Wildman–Crippen MR) is 111 cm³/mol. The van der Waals surface area contributed by atoms with Gasteiger partial charge in [0.05, 0.1) is 9.90 Å². The van der Waals surface area contributed by atoms with Gasteiger partial charge in [0.2, 0.25) is 0 Å². The van der Waals surface area contributed by atoms with E-state index < -0.39 is 13.1 Å². The smallest absolute Gasteiger partial charge is 0.346 e. The first-order valence-electron chi connectivity index (χ1n) is 7.80. The van der Waals surface area contributed by atoms with Gasteiger partial charge in [-0.1, -0.05) is 35.0 Å². The number of rotatable bonds is 4. The predicted octanol–water partition coefficient (Wildman–Crippen LogP) is 5.97. The highest BCUT2D eigenvalue weighted by Gasteiger charge is 2.26. The Kier molecular flexibility index (Phi) is 6.31. The third kappa shape index (κ3) is 5.38. The van der Waals surface area contributed by atoms with Crippen LogP contribution in [0, 0.1) is 17.3 Å². The number of thiophene rings is 1. The molecule has 1 aromatic carbocycles. The number of carboxylic acids is 1. The maximum atomic E-state index is 13.3. The Morgan fingerprint density at radius 1 is 1.27 bits per heavy atom. The zero-order chi connectivity index (χ0) is 19.7. The van der Waals surface area contributed by atoms with E-state index in [0.717, 1.165) is 11.3 Å². The second-order valence-corrected chi connectivity index (χ2v) is 12.0. The molecule has 7 heteroatoms. The molecule has 1 heterocycles. The van der Waals surface area contributed by atoms with Crippen LogP contribution in [-0.2, 0) is 10.7 Å². The number of carboxylic acid groups (broad SMARTS) is 1. The second kappa shape index (κ2) is 7.79. The van der Waals surface area contributed by atoms with Crippen molar-refractivity contribution in [3.8, 4) is 11.8 Å². The standard InChI is InChI=1S/C19H19Cl2O3PS/c1-19(2,3)8-7-14-9-12(17(26-14)18(22)23)11-25(4,24)16-6-5-13(20)10-15(16)21/h5-6,9-10H,11H2,1-4H3,(H,22,23). The lowest BCUT2D eigenvalue weighted by molar-refractivity contribution is 0.0701. The summed E-state index contributed by atoms with van der Waals surface area (Å²) in [6, 6.07) is 6.52. The van der Waals surface area contributed by atoms with Crippen LogP contribution in [0.1, 0.15) is 40.9 Å². The fourth-order valence-corrected chi connectivity index (χ4v) is 6.21. The molecule has 1 aromatic heterocycles. The van der Waals surface area contributed by atoms with Crippen molar-refractivity contribution in [3.05, 3.63) is 49.6 Å². The average Bonchev–Trinajstić information content (AvgIpc) is 2.86. The van der Waals surface area contributed by atoms with Crippen LogP contribution in [0.5, 0.6) is 0 Å². The van der Waals surface area contributed by atoms with E-state index in [1.807, 2.05) is 20.8 Å². The van der Waals surface area contributed by atoms with Crippen molar-refractivity contribution < 1.29 is 14.5 Å². The molecule has 0 radical (unpaired) electrons. The molecule has 0 aliphatic rings. The number of benzene rings is 1. The molecular formula is C19H19Cl2O3PS. The highest BCUT2D eigenvalue weighted by molar-refractivity contribution is 7.70. The maximum absolute atomic E-state index is 13.3. The van der Waals surface area contributed by atoms with Gasteiger partial charge in [-0.2, -0.15) is 0 Å². The van der Waals surface area contributed by atoms with Crippen molar-refractivity contribution >= 4 is 53.0 Å². The molecule has 0 amide bonds. The first kappa shape index (κ1) is 21.1. The molecule has 1 unspecified atom stereocenters. The van der Waals surface area contributed by atoms with Crippen LogP contribution >= 0.6 is 41.7 Å². The van der Waals surface area contributed by atoms with Crippen molar-refractivity contribution in [3.63, 3.8) is 0 Å². The van der Waals surface area contributed by atoms with Gasteiger partial charge in [-0.05, 0) is 57.3 Å². The first-order valence-corrected chi connectivity index (χ1v) is 11.7. The zero-order valence-corrected chi connectivity index (χ0v) is 18.1. The van der Waals surface area contributed by atoms with E-state index in [1.165, 1.54) is 0 Å².